The molecule has 0 bridgehead atoms. The summed E-state index contributed by atoms with van der Waals surface area (Å²) in [5.74, 6) is 0.290. The Hall–Kier alpha value is -2.93. The van der Waals surface area contributed by atoms with Crippen molar-refractivity contribution in [3.63, 3.8) is 0 Å². The number of nitrogens with zero attached hydrogens (tertiary/aromatic N) is 3. The first-order chi connectivity index (χ1) is 13.5. The van der Waals surface area contributed by atoms with Gasteiger partial charge in [0.25, 0.3) is 0 Å². The highest BCUT2D eigenvalue weighted by Gasteiger charge is 2.17. The molecular formula is C21H22N4O2S. The molecule has 0 aliphatic carbocycles. The van der Waals surface area contributed by atoms with Crippen LogP contribution in [0.2, 0.25) is 0 Å². The van der Waals surface area contributed by atoms with E-state index in [1.54, 1.807) is 6.92 Å². The summed E-state index contributed by atoms with van der Waals surface area (Å²) in [6, 6.07) is 15.4. The van der Waals surface area contributed by atoms with Crippen LogP contribution in [-0.2, 0) is 4.79 Å². The summed E-state index contributed by atoms with van der Waals surface area (Å²) < 4.78 is 1.29. The number of rotatable bonds is 6. The highest BCUT2D eigenvalue weighted by atomic mass is 32.2. The minimum absolute atomic E-state index is 0.136. The van der Waals surface area contributed by atoms with Gasteiger partial charge in [-0.05, 0) is 37.1 Å². The number of aryl methyl sites for hydroxylation is 2. The lowest BCUT2D eigenvalue weighted by atomic mass is 10.1. The number of carbonyl (C=O) groups is 2. The molecule has 1 amide bonds. The maximum absolute atomic E-state index is 12.4. The fraction of sp³-hybridized carbons (Fsp3) is 0.238. The molecule has 2 aromatic carbocycles. The van der Waals surface area contributed by atoms with Crippen molar-refractivity contribution in [2.24, 2.45) is 0 Å². The minimum atomic E-state index is -0.160. The van der Waals surface area contributed by atoms with Crippen molar-refractivity contribution in [1.82, 2.24) is 14.8 Å². The van der Waals surface area contributed by atoms with E-state index in [0.29, 0.717) is 17.4 Å². The van der Waals surface area contributed by atoms with Crippen LogP contribution >= 0.6 is 11.8 Å². The average molecular weight is 395 g/mol. The van der Waals surface area contributed by atoms with Crippen LogP contribution in [0, 0.1) is 13.8 Å². The quantitative estimate of drug-likeness (QED) is 0.629. The monoisotopic (exact) mass is 394 g/mol. The summed E-state index contributed by atoms with van der Waals surface area (Å²) in [6.45, 7) is 5.75. The summed E-state index contributed by atoms with van der Waals surface area (Å²) in [5.41, 5.74) is 3.76. The highest BCUT2D eigenvalue weighted by Crippen LogP contribution is 2.22. The lowest BCUT2D eigenvalue weighted by Crippen LogP contribution is -2.16. The molecule has 3 aromatic rings. The van der Waals surface area contributed by atoms with E-state index < -0.39 is 0 Å². The molecule has 6 nitrogen and oxygen atoms in total. The zero-order valence-electron chi connectivity index (χ0n) is 16.1. The van der Waals surface area contributed by atoms with Gasteiger partial charge in [-0.1, -0.05) is 55.1 Å². The summed E-state index contributed by atoms with van der Waals surface area (Å²) in [7, 11) is 0. The van der Waals surface area contributed by atoms with Gasteiger partial charge in [0.1, 0.15) is 0 Å². The third kappa shape index (κ3) is 4.86. The van der Waals surface area contributed by atoms with Crippen molar-refractivity contribution >= 4 is 29.3 Å². The lowest BCUT2D eigenvalue weighted by molar-refractivity contribution is -0.113. The molecule has 1 heterocycles. The predicted molar refractivity (Wildman–Crippen MR) is 112 cm³/mol. The molecular weight excluding hydrogens is 372 g/mol. The SMILES string of the molecule is CCC(=O)n1nc(-c2ccccc2)nc1SCC(=O)Nc1cc(C)cc(C)c1. The van der Waals surface area contributed by atoms with Crippen LogP contribution < -0.4 is 5.32 Å². The van der Waals surface area contributed by atoms with E-state index in [-0.39, 0.29) is 17.6 Å². The summed E-state index contributed by atoms with van der Waals surface area (Å²) in [5, 5.41) is 7.65. The predicted octanol–water partition coefficient (Wildman–Crippen LogP) is 4.34. The molecule has 7 heteroatoms. The Kier molecular flexibility index (Phi) is 6.26. The molecule has 0 spiro atoms. The molecule has 0 atom stereocenters. The number of nitrogens with one attached hydrogen (secondary N) is 1. The van der Waals surface area contributed by atoms with Crippen LogP contribution in [0.15, 0.2) is 53.7 Å². The Morgan fingerprint density at radius 2 is 1.75 bits per heavy atom. The Balaban J connectivity index is 1.74. The van der Waals surface area contributed by atoms with Crippen LogP contribution in [0.25, 0.3) is 11.4 Å². The first-order valence-electron chi connectivity index (χ1n) is 9.03. The molecule has 0 fully saturated rings. The Labute approximate surface area is 168 Å². The van der Waals surface area contributed by atoms with E-state index in [0.717, 1.165) is 22.4 Å². The van der Waals surface area contributed by atoms with E-state index >= 15 is 0 Å². The molecule has 0 radical (unpaired) electrons. The number of hydrogen-bond donors (Lipinski definition) is 1. The third-order valence-corrected chi connectivity index (χ3v) is 4.91. The number of carbonyl (C=O) groups excluding carboxylic acids is 2. The Bertz CT molecular complexity index is 979. The topological polar surface area (TPSA) is 76.9 Å². The van der Waals surface area contributed by atoms with E-state index in [1.807, 2.05) is 62.4 Å². The number of benzene rings is 2. The number of aromatic nitrogens is 3. The largest absolute Gasteiger partial charge is 0.325 e. The average Bonchev–Trinajstić information content (AvgIpc) is 3.10. The normalized spacial score (nSPS) is 10.7. The van der Waals surface area contributed by atoms with Gasteiger partial charge in [-0.2, -0.15) is 4.68 Å². The molecule has 3 rings (SSSR count). The van der Waals surface area contributed by atoms with Gasteiger partial charge < -0.3 is 5.32 Å². The number of anilines is 1. The molecule has 0 aliphatic rings. The molecule has 28 heavy (non-hydrogen) atoms. The standard InChI is InChI=1S/C21H22N4O2S/c1-4-19(27)25-21(23-20(24-25)16-8-6-5-7-9-16)28-13-18(26)22-17-11-14(2)10-15(3)12-17/h5-12H,4,13H2,1-3H3,(H,22,26). The number of hydrogen-bond acceptors (Lipinski definition) is 5. The molecule has 0 unspecified atom stereocenters. The van der Waals surface area contributed by atoms with Crippen molar-refractivity contribution in [2.75, 3.05) is 11.1 Å². The summed E-state index contributed by atoms with van der Waals surface area (Å²) in [4.78, 5) is 29.1. The van der Waals surface area contributed by atoms with Crippen molar-refractivity contribution < 1.29 is 9.59 Å². The highest BCUT2D eigenvalue weighted by molar-refractivity contribution is 7.99. The smallest absolute Gasteiger partial charge is 0.249 e. The van der Waals surface area contributed by atoms with Gasteiger partial charge in [0, 0.05) is 17.7 Å². The fourth-order valence-electron chi connectivity index (χ4n) is 2.79. The van der Waals surface area contributed by atoms with Gasteiger partial charge in [-0.25, -0.2) is 4.98 Å². The van der Waals surface area contributed by atoms with Crippen LogP contribution in [-0.4, -0.2) is 32.3 Å². The van der Waals surface area contributed by atoms with Gasteiger partial charge in [-0.15, -0.1) is 5.10 Å². The Morgan fingerprint density at radius 1 is 1.07 bits per heavy atom. The van der Waals surface area contributed by atoms with Gasteiger partial charge in [-0.3, -0.25) is 9.59 Å². The fourth-order valence-corrected chi connectivity index (χ4v) is 3.54. The summed E-state index contributed by atoms with van der Waals surface area (Å²) in [6.07, 6.45) is 0.305. The summed E-state index contributed by atoms with van der Waals surface area (Å²) >= 11 is 1.20. The van der Waals surface area contributed by atoms with Gasteiger partial charge >= 0.3 is 0 Å². The molecule has 144 valence electrons. The zero-order valence-corrected chi connectivity index (χ0v) is 16.9. The molecule has 1 aromatic heterocycles. The van der Waals surface area contributed by atoms with E-state index in [2.05, 4.69) is 15.4 Å². The molecule has 0 saturated carbocycles. The molecule has 0 aliphatic heterocycles. The Morgan fingerprint density at radius 3 is 2.39 bits per heavy atom. The first-order valence-corrected chi connectivity index (χ1v) is 10.0. The number of thioether (sulfide) groups is 1. The second-order valence-electron chi connectivity index (χ2n) is 6.46. The maximum Gasteiger partial charge on any atom is 0.249 e. The van der Waals surface area contributed by atoms with Gasteiger partial charge in [0.15, 0.2) is 11.0 Å². The van der Waals surface area contributed by atoms with Crippen LogP contribution in [0.4, 0.5) is 5.69 Å². The maximum atomic E-state index is 12.4. The zero-order chi connectivity index (χ0) is 20.1. The van der Waals surface area contributed by atoms with E-state index in [1.165, 1.54) is 16.4 Å². The van der Waals surface area contributed by atoms with Crippen LogP contribution in [0.5, 0.6) is 0 Å². The van der Waals surface area contributed by atoms with Gasteiger partial charge in [0.2, 0.25) is 11.8 Å². The van der Waals surface area contributed by atoms with Gasteiger partial charge in [0.05, 0.1) is 5.75 Å². The van der Waals surface area contributed by atoms with Crippen molar-refractivity contribution in [3.05, 3.63) is 59.7 Å². The lowest BCUT2D eigenvalue weighted by Gasteiger charge is -2.07. The number of amides is 1. The van der Waals surface area contributed by atoms with Crippen molar-refractivity contribution in [3.8, 4) is 11.4 Å². The van der Waals surface area contributed by atoms with Crippen molar-refractivity contribution in [2.45, 2.75) is 32.3 Å². The first kappa shape index (κ1) is 19.8. The van der Waals surface area contributed by atoms with E-state index in [4.69, 9.17) is 0 Å². The molecule has 0 saturated heterocycles. The van der Waals surface area contributed by atoms with E-state index in [9.17, 15) is 9.59 Å². The van der Waals surface area contributed by atoms with Crippen LogP contribution in [0.1, 0.15) is 29.3 Å². The van der Waals surface area contributed by atoms with Crippen LogP contribution in [0.3, 0.4) is 0 Å². The minimum Gasteiger partial charge on any atom is -0.325 e. The second kappa shape index (κ2) is 8.84. The van der Waals surface area contributed by atoms with Crippen molar-refractivity contribution in [1.29, 1.82) is 0 Å². The third-order valence-electron chi connectivity index (χ3n) is 3.99. The second-order valence-corrected chi connectivity index (χ2v) is 7.40. The molecule has 1 N–H and O–H groups in total.